The number of rotatable bonds is 23. The summed E-state index contributed by atoms with van der Waals surface area (Å²) >= 11 is 0. The van der Waals surface area contributed by atoms with Crippen molar-refractivity contribution in [2.24, 2.45) is 0 Å². The summed E-state index contributed by atoms with van der Waals surface area (Å²) < 4.78 is 0. The van der Waals surface area contributed by atoms with Crippen molar-refractivity contribution < 1.29 is 0 Å². The van der Waals surface area contributed by atoms with Crippen LogP contribution in [0.15, 0.2) is 267 Å². The third-order valence-electron chi connectivity index (χ3n) is 15.7. The molecule has 0 aliphatic heterocycles. The maximum absolute atomic E-state index is 3.42. The molecule has 0 saturated carbocycles. The maximum Gasteiger partial charge on any atom is 0.0597 e. The highest BCUT2D eigenvalue weighted by Crippen LogP contribution is 2.53. The molecule has 0 fully saturated rings. The first kappa shape index (κ1) is 52.5. The molecule has 10 aromatic rings. The molecule has 0 aliphatic rings. The third-order valence-corrected chi connectivity index (χ3v) is 17.7. The van der Waals surface area contributed by atoms with Crippen molar-refractivity contribution in [2.75, 3.05) is 0 Å². The van der Waals surface area contributed by atoms with Crippen molar-refractivity contribution in [2.45, 2.75) is 87.4 Å². The molecule has 10 rings (SSSR count). The van der Waals surface area contributed by atoms with Gasteiger partial charge in [-0.2, -0.15) is 0 Å². The average Bonchev–Trinajstić information content (AvgIpc) is 3.50. The molecule has 0 nitrogen and oxygen atoms in total. The molecule has 0 aliphatic carbocycles. The monoisotopic (exact) mass is 1020 g/mol. The molecule has 0 aromatic heterocycles. The molecular formula is C74H72P2. The van der Waals surface area contributed by atoms with Gasteiger partial charge in [-0.3, -0.25) is 0 Å². The molecule has 76 heavy (non-hydrogen) atoms. The molecule has 0 radical (unpaired) electrons. The van der Waals surface area contributed by atoms with Gasteiger partial charge in [0.2, 0.25) is 0 Å². The Morgan fingerprint density at radius 1 is 0.197 bits per heavy atom. The van der Waals surface area contributed by atoms with Crippen LogP contribution in [0.3, 0.4) is 0 Å². The number of hydrogen-bond donors (Lipinski definition) is 0. The van der Waals surface area contributed by atoms with Gasteiger partial charge in [-0.15, -0.1) is 18.5 Å². The summed E-state index contributed by atoms with van der Waals surface area (Å²) in [4.78, 5) is 0. The molecule has 378 valence electrons. The van der Waals surface area contributed by atoms with E-state index in [4.69, 9.17) is 0 Å². The largest absolute Gasteiger partial charge is 0.117 e. The lowest BCUT2D eigenvalue weighted by Gasteiger charge is -2.37. The van der Waals surface area contributed by atoms with Gasteiger partial charge in [0.1, 0.15) is 0 Å². The van der Waals surface area contributed by atoms with Gasteiger partial charge in [0.25, 0.3) is 0 Å². The Kier molecular flexibility index (Phi) is 17.8. The zero-order chi connectivity index (χ0) is 51.8. The van der Waals surface area contributed by atoms with E-state index in [9.17, 15) is 0 Å². The SMILES string of the molecule is PC(c1ccc(CCCc2ccccc2)cc1)(c1ccc(CCCc2ccccc2)cc1)c1ccccc1-c1ccccc1C(P)(c1ccc(CCCc2ccccc2)cc1)c1ccc(CCCc2ccccc2)cc1. The fourth-order valence-corrected chi connectivity index (χ4v) is 12.7. The Hall–Kier alpha value is -6.94. The van der Waals surface area contributed by atoms with E-state index in [1.165, 1.54) is 89.0 Å². The van der Waals surface area contributed by atoms with Gasteiger partial charge in [0.05, 0.1) is 10.3 Å². The van der Waals surface area contributed by atoms with E-state index in [2.05, 4.69) is 285 Å². The minimum atomic E-state index is -0.554. The predicted molar refractivity (Wildman–Crippen MR) is 331 cm³/mol. The van der Waals surface area contributed by atoms with Crippen LogP contribution in [-0.4, -0.2) is 0 Å². The van der Waals surface area contributed by atoms with E-state index in [0.717, 1.165) is 77.0 Å². The van der Waals surface area contributed by atoms with Crippen molar-refractivity contribution in [3.63, 3.8) is 0 Å². The highest BCUT2D eigenvalue weighted by Gasteiger charge is 2.38. The van der Waals surface area contributed by atoms with Crippen LogP contribution >= 0.6 is 18.5 Å². The lowest BCUT2D eigenvalue weighted by molar-refractivity contribution is 0.814. The zero-order valence-electron chi connectivity index (χ0n) is 44.0. The molecular weight excluding hydrogens is 951 g/mol. The van der Waals surface area contributed by atoms with Crippen LogP contribution in [0.4, 0.5) is 0 Å². The lowest BCUT2D eigenvalue weighted by Crippen LogP contribution is -2.25. The maximum atomic E-state index is 3.42. The highest BCUT2D eigenvalue weighted by molar-refractivity contribution is 7.19. The zero-order valence-corrected chi connectivity index (χ0v) is 46.4. The molecule has 0 heterocycles. The van der Waals surface area contributed by atoms with E-state index in [1.807, 2.05) is 0 Å². The van der Waals surface area contributed by atoms with Crippen LogP contribution in [-0.2, 0) is 61.7 Å². The summed E-state index contributed by atoms with van der Waals surface area (Å²) in [5.41, 5.74) is 21.1. The van der Waals surface area contributed by atoms with Crippen molar-refractivity contribution in [1.82, 2.24) is 0 Å². The molecule has 0 spiro atoms. The summed E-state index contributed by atoms with van der Waals surface area (Å²) in [6, 6.07) is 100. The van der Waals surface area contributed by atoms with E-state index < -0.39 is 10.3 Å². The Morgan fingerprint density at radius 3 is 0.605 bits per heavy atom. The first-order valence-corrected chi connectivity index (χ1v) is 28.9. The first-order chi connectivity index (χ1) is 37.4. The van der Waals surface area contributed by atoms with Crippen LogP contribution in [0.1, 0.15) is 104 Å². The van der Waals surface area contributed by atoms with E-state index in [-0.39, 0.29) is 0 Å². The van der Waals surface area contributed by atoms with Gasteiger partial charge in [0.15, 0.2) is 0 Å². The van der Waals surface area contributed by atoms with Crippen molar-refractivity contribution in [1.29, 1.82) is 0 Å². The Balaban J connectivity index is 1.02. The standard InChI is InChI=1S/C74H72P2/c75-73(65-49-41-61(42-50-65)33-17-29-57-21-5-1-6-22-57,66-51-43-62(44-52-66)34-18-30-58-23-7-2-8-24-58)71-39-15-13-37-69(71)70-38-14-16-40-72(70)74(76,67-53-45-63(46-54-67)35-19-31-59-25-9-3-10-26-59)68-55-47-64(48-56-68)36-20-32-60-27-11-4-12-28-60/h1-16,21-28,37-56H,17-20,29-36,75-76H2. The van der Waals surface area contributed by atoms with Crippen LogP contribution in [0, 0.1) is 0 Å². The van der Waals surface area contributed by atoms with Crippen molar-refractivity contribution >= 4 is 18.5 Å². The second-order valence-electron chi connectivity index (χ2n) is 20.9. The third kappa shape index (κ3) is 12.8. The fourth-order valence-electron chi connectivity index (χ4n) is 11.4. The lowest BCUT2D eigenvalue weighted by atomic mass is 9.76. The summed E-state index contributed by atoms with van der Waals surface area (Å²) in [5, 5.41) is -1.11. The van der Waals surface area contributed by atoms with E-state index >= 15 is 0 Å². The average molecular weight is 1020 g/mol. The fraction of sp³-hybridized carbons (Fsp3) is 0.189. The van der Waals surface area contributed by atoms with Gasteiger partial charge >= 0.3 is 0 Å². The van der Waals surface area contributed by atoms with Crippen molar-refractivity contribution in [3.8, 4) is 11.1 Å². The second kappa shape index (κ2) is 25.7. The van der Waals surface area contributed by atoms with E-state index in [0.29, 0.717) is 0 Å². The van der Waals surface area contributed by atoms with Gasteiger partial charge < -0.3 is 0 Å². The minimum Gasteiger partial charge on any atom is -0.117 e. The number of benzene rings is 10. The summed E-state index contributed by atoms with van der Waals surface area (Å²) in [5.74, 6) is 0. The molecule has 0 N–H and O–H groups in total. The second-order valence-corrected chi connectivity index (χ2v) is 22.6. The van der Waals surface area contributed by atoms with E-state index in [1.54, 1.807) is 0 Å². The van der Waals surface area contributed by atoms with Gasteiger partial charge in [0, 0.05) is 0 Å². The smallest absolute Gasteiger partial charge is 0.0597 e. The number of aryl methyl sites for hydroxylation is 8. The van der Waals surface area contributed by atoms with Crippen LogP contribution in [0.25, 0.3) is 11.1 Å². The van der Waals surface area contributed by atoms with Crippen LogP contribution in [0.2, 0.25) is 0 Å². The summed E-state index contributed by atoms with van der Waals surface area (Å²) in [6.07, 6.45) is 12.9. The Labute approximate surface area is 459 Å². The summed E-state index contributed by atoms with van der Waals surface area (Å²) in [7, 11) is 6.84. The normalized spacial score (nSPS) is 11.7. The Morgan fingerprint density at radius 2 is 0.382 bits per heavy atom. The highest BCUT2D eigenvalue weighted by atomic mass is 31.0. The molecule has 0 amide bonds. The predicted octanol–water partition coefficient (Wildman–Crippen LogP) is 18.4. The Bertz CT molecular complexity index is 2920. The summed E-state index contributed by atoms with van der Waals surface area (Å²) in [6.45, 7) is 0. The van der Waals surface area contributed by atoms with Crippen LogP contribution < -0.4 is 0 Å². The molecule has 2 unspecified atom stereocenters. The minimum absolute atomic E-state index is 0.554. The molecule has 2 atom stereocenters. The number of hydrogen-bond acceptors (Lipinski definition) is 0. The van der Waals surface area contributed by atoms with Crippen molar-refractivity contribution in [3.05, 3.63) is 345 Å². The van der Waals surface area contributed by atoms with Gasteiger partial charge in [-0.1, -0.05) is 267 Å². The topological polar surface area (TPSA) is 0 Å². The van der Waals surface area contributed by atoms with Crippen LogP contribution in [0.5, 0.6) is 0 Å². The quantitative estimate of drug-likeness (QED) is 0.0442. The molecule has 10 aromatic carbocycles. The molecule has 2 heteroatoms. The van der Waals surface area contributed by atoms with Gasteiger partial charge in [-0.25, -0.2) is 0 Å². The molecule has 0 saturated heterocycles. The molecule has 0 bridgehead atoms. The first-order valence-electron chi connectivity index (χ1n) is 27.7. The van der Waals surface area contributed by atoms with Gasteiger partial charge in [-0.05, 0) is 166 Å².